The molecule has 0 aliphatic heterocycles. The number of nitrogens with one attached hydrogen (secondary N) is 2. The molecule has 1 heterocycles. The summed E-state index contributed by atoms with van der Waals surface area (Å²) in [5.41, 5.74) is 1.52. The number of benzene rings is 2. The van der Waals surface area contributed by atoms with Gasteiger partial charge in [0.1, 0.15) is 11.5 Å². The van der Waals surface area contributed by atoms with Gasteiger partial charge in [0, 0.05) is 29.4 Å². The summed E-state index contributed by atoms with van der Waals surface area (Å²) in [5, 5.41) is 16.7. The number of nitrogens with zero attached hydrogens (tertiary/aromatic N) is 1. The number of nitro benzene ring substituents is 1. The number of furan rings is 1. The fourth-order valence-electron chi connectivity index (χ4n) is 2.69. The summed E-state index contributed by atoms with van der Waals surface area (Å²) in [6.45, 7) is 3.61. The number of hydrogen-bond acceptors (Lipinski definition) is 5. The van der Waals surface area contributed by atoms with Gasteiger partial charge in [-0.3, -0.25) is 19.7 Å². The van der Waals surface area contributed by atoms with E-state index in [1.54, 1.807) is 68.4 Å². The van der Waals surface area contributed by atoms with Crippen molar-refractivity contribution in [3.63, 3.8) is 0 Å². The predicted molar refractivity (Wildman–Crippen MR) is 118 cm³/mol. The van der Waals surface area contributed by atoms with Crippen molar-refractivity contribution in [1.29, 1.82) is 0 Å². The third kappa shape index (κ3) is 5.66. The second-order valence-corrected chi connectivity index (χ2v) is 7.02. The molecule has 2 N–H and O–H groups in total. The summed E-state index contributed by atoms with van der Waals surface area (Å²) >= 11 is 0. The molecule has 0 saturated heterocycles. The molecule has 0 aliphatic rings. The van der Waals surface area contributed by atoms with Gasteiger partial charge in [0.15, 0.2) is 0 Å². The van der Waals surface area contributed by atoms with Gasteiger partial charge >= 0.3 is 0 Å². The van der Waals surface area contributed by atoms with Crippen molar-refractivity contribution in [2.24, 2.45) is 5.92 Å². The van der Waals surface area contributed by atoms with Crippen molar-refractivity contribution in [1.82, 2.24) is 0 Å². The molecule has 3 rings (SSSR count). The highest BCUT2D eigenvalue weighted by atomic mass is 16.6. The van der Waals surface area contributed by atoms with E-state index in [2.05, 4.69) is 10.6 Å². The summed E-state index contributed by atoms with van der Waals surface area (Å²) in [6, 6.07) is 16.3. The zero-order chi connectivity index (χ0) is 22.4. The molecule has 0 atom stereocenters. The first-order valence-electron chi connectivity index (χ1n) is 9.57. The van der Waals surface area contributed by atoms with Gasteiger partial charge in [-0.25, -0.2) is 0 Å². The summed E-state index contributed by atoms with van der Waals surface area (Å²) < 4.78 is 5.62. The molecule has 0 unspecified atom stereocenters. The molecular weight excluding hydrogens is 398 g/mol. The molecule has 0 spiro atoms. The summed E-state index contributed by atoms with van der Waals surface area (Å²) in [7, 11) is 0. The number of anilines is 2. The lowest BCUT2D eigenvalue weighted by Gasteiger charge is -2.08. The van der Waals surface area contributed by atoms with E-state index in [1.165, 1.54) is 18.2 Å². The van der Waals surface area contributed by atoms with Crippen molar-refractivity contribution in [2.45, 2.75) is 13.8 Å². The average molecular weight is 419 g/mol. The maximum Gasteiger partial charge on any atom is 0.280 e. The third-order valence-corrected chi connectivity index (χ3v) is 4.34. The largest absolute Gasteiger partial charge is 0.456 e. The zero-order valence-electron chi connectivity index (χ0n) is 17.0. The average Bonchev–Trinajstić information content (AvgIpc) is 3.22. The fourth-order valence-corrected chi connectivity index (χ4v) is 2.69. The van der Waals surface area contributed by atoms with Crippen LogP contribution in [0.1, 0.15) is 19.6 Å². The van der Waals surface area contributed by atoms with Gasteiger partial charge in [-0.1, -0.05) is 26.0 Å². The van der Waals surface area contributed by atoms with Crippen molar-refractivity contribution in [2.75, 3.05) is 10.6 Å². The Morgan fingerprint density at radius 1 is 0.968 bits per heavy atom. The van der Waals surface area contributed by atoms with Gasteiger partial charge in [-0.05, 0) is 48.5 Å². The molecule has 8 heteroatoms. The third-order valence-electron chi connectivity index (χ3n) is 4.34. The Morgan fingerprint density at radius 2 is 1.61 bits per heavy atom. The van der Waals surface area contributed by atoms with Crippen LogP contribution in [0.2, 0.25) is 0 Å². The molecular formula is C23H21N3O5. The molecule has 158 valence electrons. The van der Waals surface area contributed by atoms with Gasteiger partial charge in [0.2, 0.25) is 11.8 Å². The number of hydrogen-bond donors (Lipinski definition) is 2. The highest BCUT2D eigenvalue weighted by Crippen LogP contribution is 2.31. The van der Waals surface area contributed by atoms with Crippen molar-refractivity contribution >= 4 is 35.0 Å². The van der Waals surface area contributed by atoms with Crippen LogP contribution >= 0.6 is 0 Å². The SMILES string of the molecule is CC(C)C(=O)Nc1ccc(NC(=O)/C=C/c2ccc(-c3ccccc3[N+](=O)[O-])o2)cc1. The van der Waals surface area contributed by atoms with E-state index in [9.17, 15) is 19.7 Å². The van der Waals surface area contributed by atoms with Crippen molar-refractivity contribution < 1.29 is 18.9 Å². The summed E-state index contributed by atoms with van der Waals surface area (Å²) in [6.07, 6.45) is 2.78. The Hall–Kier alpha value is -4.20. The second kappa shape index (κ2) is 9.53. The highest BCUT2D eigenvalue weighted by molar-refractivity contribution is 6.02. The molecule has 0 fully saturated rings. The van der Waals surface area contributed by atoms with Gasteiger partial charge in [-0.15, -0.1) is 0 Å². The van der Waals surface area contributed by atoms with Gasteiger partial charge < -0.3 is 15.1 Å². The van der Waals surface area contributed by atoms with Crippen LogP contribution in [-0.2, 0) is 9.59 Å². The van der Waals surface area contributed by atoms with Crippen LogP contribution in [0, 0.1) is 16.0 Å². The number of carbonyl (C=O) groups excluding carboxylic acids is 2. The lowest BCUT2D eigenvalue weighted by atomic mass is 10.1. The Kier molecular flexibility index (Phi) is 6.61. The minimum atomic E-state index is -0.472. The van der Waals surface area contributed by atoms with Crippen LogP contribution in [0.25, 0.3) is 17.4 Å². The molecule has 2 aromatic carbocycles. The summed E-state index contributed by atoms with van der Waals surface area (Å²) in [4.78, 5) is 34.6. The van der Waals surface area contributed by atoms with Gasteiger partial charge in [0.05, 0.1) is 10.5 Å². The van der Waals surface area contributed by atoms with E-state index in [-0.39, 0.29) is 23.4 Å². The fraction of sp³-hybridized carbons (Fsp3) is 0.130. The standard InChI is InChI=1S/C23H21N3O5/c1-15(2)23(28)25-17-9-7-16(8-10-17)24-22(27)14-12-18-11-13-21(31-18)19-5-3-4-6-20(19)26(29)30/h3-15H,1-2H3,(H,24,27)(H,25,28)/b14-12+. The van der Waals surface area contributed by atoms with E-state index in [4.69, 9.17) is 4.42 Å². The Balaban J connectivity index is 1.62. The van der Waals surface area contributed by atoms with E-state index in [0.717, 1.165) is 0 Å². The minimum Gasteiger partial charge on any atom is -0.456 e. The Bertz CT molecular complexity index is 1130. The number of para-hydroxylation sites is 1. The number of nitro groups is 1. The van der Waals surface area contributed by atoms with Crippen LogP contribution in [0.4, 0.5) is 17.1 Å². The molecule has 0 bridgehead atoms. The van der Waals surface area contributed by atoms with Crippen molar-refractivity contribution in [3.05, 3.63) is 82.6 Å². The van der Waals surface area contributed by atoms with Crippen molar-refractivity contribution in [3.8, 4) is 11.3 Å². The predicted octanol–water partition coefficient (Wildman–Crippen LogP) is 5.10. The summed E-state index contributed by atoms with van der Waals surface area (Å²) in [5.74, 6) is 0.141. The van der Waals surface area contributed by atoms with Crippen LogP contribution < -0.4 is 10.6 Å². The van der Waals surface area contributed by atoms with Crippen LogP contribution in [0.15, 0.2) is 71.2 Å². The molecule has 2 amide bonds. The normalized spacial score (nSPS) is 10.9. The first-order chi connectivity index (χ1) is 14.8. The van der Waals surface area contributed by atoms with Crippen LogP contribution in [0.3, 0.4) is 0 Å². The number of carbonyl (C=O) groups is 2. The number of rotatable bonds is 7. The Morgan fingerprint density at radius 3 is 2.26 bits per heavy atom. The monoisotopic (exact) mass is 419 g/mol. The van der Waals surface area contributed by atoms with E-state index in [1.807, 2.05) is 0 Å². The molecule has 0 aliphatic carbocycles. The first kappa shape index (κ1) is 21.5. The smallest absolute Gasteiger partial charge is 0.280 e. The van der Waals surface area contributed by atoms with E-state index < -0.39 is 4.92 Å². The second-order valence-electron chi connectivity index (χ2n) is 7.02. The lowest BCUT2D eigenvalue weighted by molar-refractivity contribution is -0.384. The van der Waals surface area contributed by atoms with E-state index in [0.29, 0.717) is 28.5 Å². The molecule has 1 aromatic heterocycles. The van der Waals surface area contributed by atoms with Crippen LogP contribution in [-0.4, -0.2) is 16.7 Å². The highest BCUT2D eigenvalue weighted by Gasteiger charge is 2.16. The molecule has 3 aromatic rings. The lowest BCUT2D eigenvalue weighted by Crippen LogP contribution is -2.17. The molecule has 8 nitrogen and oxygen atoms in total. The number of amides is 2. The molecule has 0 radical (unpaired) electrons. The topological polar surface area (TPSA) is 114 Å². The minimum absolute atomic E-state index is 0.0573. The van der Waals surface area contributed by atoms with Crippen LogP contribution in [0.5, 0.6) is 0 Å². The quantitative estimate of drug-likeness (QED) is 0.314. The maximum atomic E-state index is 12.2. The van der Waals surface area contributed by atoms with Gasteiger partial charge in [0.25, 0.3) is 5.69 Å². The zero-order valence-corrected chi connectivity index (χ0v) is 17.0. The van der Waals surface area contributed by atoms with E-state index >= 15 is 0 Å². The molecule has 0 saturated carbocycles. The molecule has 31 heavy (non-hydrogen) atoms. The first-order valence-corrected chi connectivity index (χ1v) is 9.57. The maximum absolute atomic E-state index is 12.2. The Labute approximate surface area is 178 Å². The van der Waals surface area contributed by atoms with Gasteiger partial charge in [-0.2, -0.15) is 0 Å².